The summed E-state index contributed by atoms with van der Waals surface area (Å²) in [6.07, 6.45) is 2.57. The minimum absolute atomic E-state index is 0.0252. The van der Waals surface area contributed by atoms with Gasteiger partial charge in [0, 0.05) is 23.9 Å². The first-order chi connectivity index (χ1) is 9.44. The van der Waals surface area contributed by atoms with E-state index in [0.29, 0.717) is 5.75 Å². The lowest BCUT2D eigenvalue weighted by atomic mass is 9.59. The van der Waals surface area contributed by atoms with Gasteiger partial charge in [0.05, 0.1) is 4.92 Å². The molecule has 2 unspecified atom stereocenters. The van der Waals surface area contributed by atoms with Crippen molar-refractivity contribution >= 4 is 5.69 Å². The van der Waals surface area contributed by atoms with Crippen molar-refractivity contribution in [3.8, 4) is 5.75 Å². The second-order valence-electron chi connectivity index (χ2n) is 5.62. The molecule has 1 fully saturated rings. The number of nitrogens with two attached hydrogens (primary N) is 1. The molecule has 0 amide bonds. The zero-order chi connectivity index (χ0) is 14.9. The van der Waals surface area contributed by atoms with E-state index in [0.717, 1.165) is 24.8 Å². The quantitative estimate of drug-likeness (QED) is 0.662. The molecule has 5 nitrogen and oxygen atoms in total. The topological polar surface area (TPSA) is 78.4 Å². The highest BCUT2D eigenvalue weighted by atomic mass is 16.6. The lowest BCUT2D eigenvalue weighted by Crippen LogP contribution is -2.62. The molecule has 5 heteroatoms. The number of hydrogen-bond donors (Lipinski definition) is 1. The van der Waals surface area contributed by atoms with Crippen LogP contribution in [-0.4, -0.2) is 17.1 Å². The van der Waals surface area contributed by atoms with Crippen molar-refractivity contribution in [1.29, 1.82) is 0 Å². The minimum Gasteiger partial charge on any atom is -0.483 e. The zero-order valence-electron chi connectivity index (χ0n) is 12.3. The van der Waals surface area contributed by atoms with Crippen LogP contribution in [0.2, 0.25) is 0 Å². The molecule has 1 aromatic carbocycles. The number of nitro benzene ring substituents is 1. The van der Waals surface area contributed by atoms with E-state index in [1.165, 1.54) is 6.07 Å². The molecule has 0 heterocycles. The van der Waals surface area contributed by atoms with Gasteiger partial charge in [-0.05, 0) is 31.4 Å². The van der Waals surface area contributed by atoms with Crippen LogP contribution >= 0.6 is 0 Å². The van der Waals surface area contributed by atoms with Crippen molar-refractivity contribution in [2.45, 2.75) is 52.2 Å². The van der Waals surface area contributed by atoms with E-state index in [9.17, 15) is 10.1 Å². The van der Waals surface area contributed by atoms with E-state index >= 15 is 0 Å². The van der Waals surface area contributed by atoms with Crippen LogP contribution < -0.4 is 10.5 Å². The number of rotatable bonds is 5. The Bertz CT molecular complexity index is 512. The lowest BCUT2D eigenvalue weighted by molar-refractivity contribution is -0.386. The Labute approximate surface area is 119 Å². The highest BCUT2D eigenvalue weighted by molar-refractivity contribution is 5.48. The van der Waals surface area contributed by atoms with E-state index < -0.39 is 4.92 Å². The number of benzene rings is 1. The normalized spacial score (nSPS) is 24.0. The highest BCUT2D eigenvalue weighted by Gasteiger charge is 2.52. The summed E-state index contributed by atoms with van der Waals surface area (Å²) in [6, 6.07) is 5.08. The standard InChI is InChI=1S/C15H22N2O3/c1-4-15(5-2)13(16)9-14(15)20-12-8-10(3)6-7-11(12)17(18)19/h6-8,13-14H,4-5,9,16H2,1-3H3. The highest BCUT2D eigenvalue weighted by Crippen LogP contribution is 2.48. The van der Waals surface area contributed by atoms with Crippen LogP contribution in [-0.2, 0) is 0 Å². The lowest BCUT2D eigenvalue weighted by Gasteiger charge is -2.53. The largest absolute Gasteiger partial charge is 0.483 e. The fraction of sp³-hybridized carbons (Fsp3) is 0.600. The van der Waals surface area contributed by atoms with Crippen LogP contribution in [0, 0.1) is 22.5 Å². The number of aryl methyl sites for hydroxylation is 1. The Balaban J connectivity index is 2.27. The molecule has 1 aliphatic rings. The van der Waals surface area contributed by atoms with Gasteiger partial charge >= 0.3 is 5.69 Å². The molecule has 0 bridgehead atoms. The van der Waals surface area contributed by atoms with E-state index in [-0.39, 0.29) is 23.2 Å². The Hall–Kier alpha value is -1.62. The molecule has 0 saturated heterocycles. The zero-order valence-corrected chi connectivity index (χ0v) is 12.3. The van der Waals surface area contributed by atoms with E-state index in [2.05, 4.69) is 13.8 Å². The van der Waals surface area contributed by atoms with Gasteiger partial charge in [-0.15, -0.1) is 0 Å². The van der Waals surface area contributed by atoms with Crippen LogP contribution in [0.3, 0.4) is 0 Å². The van der Waals surface area contributed by atoms with Crippen molar-refractivity contribution in [1.82, 2.24) is 0 Å². The maximum absolute atomic E-state index is 11.1. The van der Waals surface area contributed by atoms with Crippen LogP contribution in [0.4, 0.5) is 5.69 Å². The maximum atomic E-state index is 11.1. The van der Waals surface area contributed by atoms with Gasteiger partial charge in [-0.2, -0.15) is 0 Å². The molecule has 110 valence electrons. The van der Waals surface area contributed by atoms with Gasteiger partial charge in [0.25, 0.3) is 0 Å². The minimum atomic E-state index is -0.396. The predicted molar refractivity (Wildman–Crippen MR) is 77.9 cm³/mol. The number of hydrogen-bond acceptors (Lipinski definition) is 4. The summed E-state index contributed by atoms with van der Waals surface area (Å²) in [5.74, 6) is 0.359. The third-order valence-corrected chi connectivity index (χ3v) is 4.75. The molecule has 0 aliphatic heterocycles. The van der Waals surface area contributed by atoms with Crippen molar-refractivity contribution in [3.63, 3.8) is 0 Å². The van der Waals surface area contributed by atoms with Crippen molar-refractivity contribution in [3.05, 3.63) is 33.9 Å². The van der Waals surface area contributed by atoms with Crippen LogP contribution in [0.1, 0.15) is 38.7 Å². The summed E-state index contributed by atoms with van der Waals surface area (Å²) in [5.41, 5.74) is 7.06. The Kier molecular flexibility index (Phi) is 3.99. The fourth-order valence-corrected chi connectivity index (χ4v) is 3.19. The third kappa shape index (κ3) is 2.26. The summed E-state index contributed by atoms with van der Waals surface area (Å²) < 4.78 is 5.97. The van der Waals surface area contributed by atoms with Crippen LogP contribution in [0.5, 0.6) is 5.75 Å². The summed E-state index contributed by atoms with van der Waals surface area (Å²) in [7, 11) is 0. The molecule has 2 atom stereocenters. The molecule has 0 aromatic heterocycles. The monoisotopic (exact) mass is 278 g/mol. The second kappa shape index (κ2) is 5.40. The molecule has 1 aliphatic carbocycles. The van der Waals surface area contributed by atoms with Crippen molar-refractivity contribution in [2.75, 3.05) is 0 Å². The van der Waals surface area contributed by atoms with E-state index in [4.69, 9.17) is 10.5 Å². The molecular formula is C15H22N2O3. The van der Waals surface area contributed by atoms with E-state index in [1.807, 2.05) is 6.92 Å². The van der Waals surface area contributed by atoms with Crippen LogP contribution in [0.15, 0.2) is 18.2 Å². The van der Waals surface area contributed by atoms with Gasteiger partial charge in [-0.3, -0.25) is 10.1 Å². The maximum Gasteiger partial charge on any atom is 0.310 e. The summed E-state index contributed by atoms with van der Waals surface area (Å²) in [4.78, 5) is 10.7. The van der Waals surface area contributed by atoms with E-state index in [1.54, 1.807) is 12.1 Å². The molecule has 2 rings (SSSR count). The summed E-state index contributed by atoms with van der Waals surface area (Å²) in [6.45, 7) is 6.10. The van der Waals surface area contributed by atoms with Gasteiger partial charge in [0.15, 0.2) is 5.75 Å². The van der Waals surface area contributed by atoms with Gasteiger partial charge < -0.3 is 10.5 Å². The third-order valence-electron chi connectivity index (χ3n) is 4.75. The van der Waals surface area contributed by atoms with Gasteiger partial charge in [-0.25, -0.2) is 0 Å². The van der Waals surface area contributed by atoms with Gasteiger partial charge in [0.2, 0.25) is 0 Å². The second-order valence-corrected chi connectivity index (χ2v) is 5.62. The first kappa shape index (κ1) is 14.8. The average molecular weight is 278 g/mol. The van der Waals surface area contributed by atoms with Gasteiger partial charge in [-0.1, -0.05) is 19.9 Å². The molecule has 1 aromatic rings. The summed E-state index contributed by atoms with van der Waals surface area (Å²) >= 11 is 0. The predicted octanol–water partition coefficient (Wildman–Crippen LogP) is 3.19. The fourth-order valence-electron chi connectivity index (χ4n) is 3.19. The first-order valence-electron chi connectivity index (χ1n) is 7.12. The molecule has 2 N–H and O–H groups in total. The Morgan fingerprint density at radius 1 is 1.45 bits per heavy atom. The molecule has 20 heavy (non-hydrogen) atoms. The number of nitrogens with zero attached hydrogens (tertiary/aromatic N) is 1. The molecule has 0 radical (unpaired) electrons. The summed E-state index contributed by atoms with van der Waals surface area (Å²) in [5, 5.41) is 11.1. The van der Waals surface area contributed by atoms with Crippen molar-refractivity contribution < 1.29 is 9.66 Å². The SMILES string of the molecule is CCC1(CC)C(N)CC1Oc1cc(C)ccc1[N+](=O)[O-]. The Morgan fingerprint density at radius 3 is 2.60 bits per heavy atom. The van der Waals surface area contributed by atoms with Crippen LogP contribution in [0.25, 0.3) is 0 Å². The van der Waals surface area contributed by atoms with Gasteiger partial charge in [0.1, 0.15) is 6.10 Å². The molecule has 1 saturated carbocycles. The number of nitro groups is 1. The number of ether oxygens (including phenoxy) is 1. The Morgan fingerprint density at radius 2 is 2.10 bits per heavy atom. The smallest absolute Gasteiger partial charge is 0.310 e. The molecular weight excluding hydrogens is 256 g/mol. The average Bonchev–Trinajstić information content (AvgIpc) is 2.39. The van der Waals surface area contributed by atoms with Crippen molar-refractivity contribution in [2.24, 2.45) is 11.1 Å². The molecule has 0 spiro atoms. The first-order valence-corrected chi connectivity index (χ1v) is 7.12.